The maximum atomic E-state index is 12.9. The Morgan fingerprint density at radius 2 is 1.93 bits per heavy atom. The molecule has 2 aromatic heterocycles. The van der Waals surface area contributed by atoms with E-state index in [1.54, 1.807) is 0 Å². The molecule has 0 spiro atoms. The first-order valence-electron chi connectivity index (χ1n) is 9.93. The molecule has 0 saturated heterocycles. The van der Waals surface area contributed by atoms with Gasteiger partial charge in [0.05, 0.1) is 5.75 Å². The average molecular weight is 395 g/mol. The van der Waals surface area contributed by atoms with Crippen LogP contribution in [0.15, 0.2) is 41.6 Å². The molecule has 0 aliphatic heterocycles. The average Bonchev–Trinajstić information content (AvgIpc) is 3.41. The minimum Gasteiger partial charge on any atom is -0.348 e. The summed E-state index contributed by atoms with van der Waals surface area (Å²) in [6.45, 7) is 7.22. The number of para-hydroxylation sites is 1. The van der Waals surface area contributed by atoms with Gasteiger partial charge >= 0.3 is 0 Å². The summed E-state index contributed by atoms with van der Waals surface area (Å²) in [4.78, 5) is 12.9. The first-order valence-corrected chi connectivity index (χ1v) is 10.9. The minimum atomic E-state index is 0.149. The molecule has 28 heavy (non-hydrogen) atoms. The first kappa shape index (κ1) is 19.0. The summed E-state index contributed by atoms with van der Waals surface area (Å²) >= 11 is 1.48. The zero-order valence-corrected chi connectivity index (χ0v) is 17.5. The molecular formula is C22H26N4OS. The largest absolute Gasteiger partial charge is 0.348 e. The molecule has 0 bridgehead atoms. The molecule has 0 N–H and O–H groups in total. The van der Waals surface area contributed by atoms with Crippen LogP contribution in [0.25, 0.3) is 5.69 Å². The van der Waals surface area contributed by atoms with E-state index in [-0.39, 0.29) is 5.78 Å². The number of aromatic nitrogens is 4. The number of benzene rings is 1. The van der Waals surface area contributed by atoms with Gasteiger partial charge in [-0.05, 0) is 51.3 Å². The Balaban J connectivity index is 1.56. The van der Waals surface area contributed by atoms with Crippen LogP contribution in [0.1, 0.15) is 59.7 Å². The predicted molar refractivity (Wildman–Crippen MR) is 113 cm³/mol. The summed E-state index contributed by atoms with van der Waals surface area (Å²) in [6.07, 6.45) is 3.39. The van der Waals surface area contributed by atoms with Gasteiger partial charge < -0.3 is 4.57 Å². The van der Waals surface area contributed by atoms with E-state index in [2.05, 4.69) is 45.3 Å². The van der Waals surface area contributed by atoms with Crippen molar-refractivity contribution in [2.75, 3.05) is 5.75 Å². The smallest absolute Gasteiger partial charge is 0.196 e. The van der Waals surface area contributed by atoms with Gasteiger partial charge in [-0.1, -0.05) is 36.9 Å². The lowest BCUT2D eigenvalue weighted by Crippen LogP contribution is -2.08. The Hall–Kier alpha value is -2.34. The highest BCUT2D eigenvalue weighted by atomic mass is 32.2. The number of ketones is 1. The third-order valence-electron chi connectivity index (χ3n) is 5.27. The number of hydrogen-bond donors (Lipinski definition) is 0. The van der Waals surface area contributed by atoms with Crippen LogP contribution in [0, 0.1) is 13.8 Å². The van der Waals surface area contributed by atoms with E-state index in [1.807, 2.05) is 31.2 Å². The van der Waals surface area contributed by atoms with Crippen molar-refractivity contribution in [3.63, 3.8) is 0 Å². The second-order valence-corrected chi connectivity index (χ2v) is 8.38. The minimum absolute atomic E-state index is 0.149. The zero-order valence-electron chi connectivity index (χ0n) is 16.7. The second-order valence-electron chi connectivity index (χ2n) is 7.43. The summed E-state index contributed by atoms with van der Waals surface area (Å²) in [5.74, 6) is 2.02. The van der Waals surface area contributed by atoms with Crippen LogP contribution < -0.4 is 0 Å². The molecule has 4 rings (SSSR count). The molecule has 5 nitrogen and oxygen atoms in total. The van der Waals surface area contributed by atoms with Crippen molar-refractivity contribution in [2.24, 2.45) is 0 Å². The van der Waals surface area contributed by atoms with Crippen molar-refractivity contribution in [3.8, 4) is 5.69 Å². The Morgan fingerprint density at radius 3 is 2.61 bits per heavy atom. The van der Waals surface area contributed by atoms with Crippen molar-refractivity contribution >= 4 is 17.5 Å². The van der Waals surface area contributed by atoms with Crippen molar-refractivity contribution < 1.29 is 4.79 Å². The fourth-order valence-corrected chi connectivity index (χ4v) is 4.50. The molecular weight excluding hydrogens is 368 g/mol. The molecule has 2 heterocycles. The molecule has 1 aliphatic rings. The van der Waals surface area contributed by atoms with Gasteiger partial charge in [0.25, 0.3) is 0 Å². The Bertz CT molecular complexity index is 986. The number of thioether (sulfide) groups is 1. The van der Waals surface area contributed by atoms with Gasteiger partial charge in [0, 0.05) is 35.1 Å². The van der Waals surface area contributed by atoms with Crippen molar-refractivity contribution in [3.05, 3.63) is 59.2 Å². The number of rotatable bonds is 8. The predicted octanol–water partition coefficient (Wildman–Crippen LogP) is 4.95. The van der Waals surface area contributed by atoms with Crippen LogP contribution in [0.5, 0.6) is 0 Å². The Labute approximate surface area is 170 Å². The second kappa shape index (κ2) is 7.95. The first-order chi connectivity index (χ1) is 13.6. The lowest BCUT2D eigenvalue weighted by atomic mass is 10.2. The van der Waals surface area contributed by atoms with Crippen LogP contribution in [-0.4, -0.2) is 30.9 Å². The molecule has 1 aromatic carbocycles. The van der Waals surface area contributed by atoms with Crippen molar-refractivity contribution in [2.45, 2.75) is 57.7 Å². The van der Waals surface area contributed by atoms with Gasteiger partial charge in [0.2, 0.25) is 0 Å². The van der Waals surface area contributed by atoms with Gasteiger partial charge in [0.1, 0.15) is 5.82 Å². The summed E-state index contributed by atoms with van der Waals surface area (Å²) in [6, 6.07) is 12.2. The van der Waals surface area contributed by atoms with E-state index in [1.165, 1.54) is 11.8 Å². The van der Waals surface area contributed by atoms with Crippen molar-refractivity contribution in [1.82, 2.24) is 19.3 Å². The molecule has 1 fully saturated rings. The maximum Gasteiger partial charge on any atom is 0.196 e. The SMILES string of the molecule is CCCn1c(C)cc(C(=O)CSc2nnc(C3CC3)n2-c2ccccc2)c1C. The molecule has 1 saturated carbocycles. The molecule has 0 amide bonds. The standard InChI is InChI=1S/C22H26N4OS/c1-4-12-25-15(2)13-19(16(25)3)20(27)14-28-22-24-23-21(17-10-11-17)26(22)18-8-6-5-7-9-18/h5-9,13,17H,4,10-12,14H2,1-3H3. The third-order valence-corrected chi connectivity index (χ3v) is 6.20. The molecule has 0 radical (unpaired) electrons. The fraction of sp³-hybridized carbons (Fsp3) is 0.409. The van der Waals surface area contributed by atoms with Crippen LogP contribution in [-0.2, 0) is 6.54 Å². The van der Waals surface area contributed by atoms with E-state index >= 15 is 0 Å². The number of Topliss-reactive ketones (excluding diaryl/α,β-unsaturated/α-hetero) is 1. The van der Waals surface area contributed by atoms with Crippen molar-refractivity contribution in [1.29, 1.82) is 0 Å². The number of carbonyl (C=O) groups excluding carboxylic acids is 1. The van der Waals surface area contributed by atoms with E-state index in [4.69, 9.17) is 0 Å². The highest BCUT2D eigenvalue weighted by Gasteiger charge is 2.31. The summed E-state index contributed by atoms with van der Waals surface area (Å²) in [7, 11) is 0. The lowest BCUT2D eigenvalue weighted by molar-refractivity contribution is 0.102. The maximum absolute atomic E-state index is 12.9. The molecule has 1 aliphatic carbocycles. The lowest BCUT2D eigenvalue weighted by Gasteiger charge is -2.10. The highest BCUT2D eigenvalue weighted by Crippen LogP contribution is 2.41. The number of carbonyl (C=O) groups is 1. The highest BCUT2D eigenvalue weighted by molar-refractivity contribution is 7.99. The summed E-state index contributed by atoms with van der Waals surface area (Å²) in [5, 5.41) is 9.65. The van der Waals surface area contributed by atoms with Crippen LogP contribution in [0.4, 0.5) is 0 Å². The number of hydrogen-bond acceptors (Lipinski definition) is 4. The van der Waals surface area contributed by atoms with Crippen LogP contribution >= 0.6 is 11.8 Å². The van der Waals surface area contributed by atoms with E-state index in [0.29, 0.717) is 11.7 Å². The van der Waals surface area contributed by atoms with E-state index in [0.717, 1.165) is 59.4 Å². The monoisotopic (exact) mass is 394 g/mol. The van der Waals surface area contributed by atoms with Gasteiger partial charge in [-0.25, -0.2) is 0 Å². The molecule has 3 aromatic rings. The van der Waals surface area contributed by atoms with Crippen LogP contribution in [0.3, 0.4) is 0 Å². The van der Waals surface area contributed by atoms with E-state index < -0.39 is 0 Å². The number of nitrogens with zero attached hydrogens (tertiary/aromatic N) is 4. The summed E-state index contributed by atoms with van der Waals surface area (Å²) < 4.78 is 4.35. The van der Waals surface area contributed by atoms with Gasteiger partial charge in [-0.3, -0.25) is 9.36 Å². The van der Waals surface area contributed by atoms with Gasteiger partial charge in [-0.2, -0.15) is 0 Å². The zero-order chi connectivity index (χ0) is 19.7. The molecule has 146 valence electrons. The quantitative estimate of drug-likeness (QED) is 0.401. The van der Waals surface area contributed by atoms with E-state index in [9.17, 15) is 4.79 Å². The van der Waals surface area contributed by atoms with Crippen LogP contribution in [0.2, 0.25) is 0 Å². The van der Waals surface area contributed by atoms with Gasteiger partial charge in [-0.15, -0.1) is 10.2 Å². The molecule has 0 unspecified atom stereocenters. The number of aryl methyl sites for hydroxylation is 1. The fourth-order valence-electron chi connectivity index (χ4n) is 3.66. The molecule has 0 atom stereocenters. The third kappa shape index (κ3) is 3.65. The van der Waals surface area contributed by atoms with Gasteiger partial charge in [0.15, 0.2) is 10.9 Å². The topological polar surface area (TPSA) is 52.7 Å². The summed E-state index contributed by atoms with van der Waals surface area (Å²) in [5.41, 5.74) is 4.10. The normalized spacial score (nSPS) is 13.8. The molecule has 6 heteroatoms. The Kier molecular flexibility index (Phi) is 5.40. The Morgan fingerprint density at radius 1 is 1.18 bits per heavy atom.